The van der Waals surface area contributed by atoms with E-state index in [9.17, 15) is 10.1 Å². The molecular formula is C16H16N2O3. The lowest BCUT2D eigenvalue weighted by Gasteiger charge is -2.07. The molecule has 0 fully saturated rings. The van der Waals surface area contributed by atoms with Crippen molar-refractivity contribution in [1.82, 2.24) is 0 Å². The molecule has 0 saturated carbocycles. The number of nitro groups is 1. The molecule has 0 unspecified atom stereocenters. The molecule has 108 valence electrons. The van der Waals surface area contributed by atoms with Crippen LogP contribution in [0.15, 0.2) is 48.5 Å². The number of nitrogens with zero attached hydrogens (tertiary/aromatic N) is 1. The highest BCUT2D eigenvalue weighted by atomic mass is 16.6. The van der Waals surface area contributed by atoms with Gasteiger partial charge in [-0.1, -0.05) is 30.4 Å². The van der Waals surface area contributed by atoms with Gasteiger partial charge in [-0.05, 0) is 29.3 Å². The lowest BCUT2D eigenvalue weighted by Crippen LogP contribution is -2.06. The Bertz CT molecular complexity index is 636. The van der Waals surface area contributed by atoms with E-state index in [4.69, 9.17) is 5.11 Å². The Labute approximate surface area is 122 Å². The Morgan fingerprint density at radius 3 is 2.48 bits per heavy atom. The molecule has 0 spiro atoms. The summed E-state index contributed by atoms with van der Waals surface area (Å²) in [5.74, 6) is 0. The molecule has 0 heterocycles. The number of hydrogen-bond donors (Lipinski definition) is 2. The molecule has 2 aromatic rings. The first kappa shape index (κ1) is 14.7. The zero-order chi connectivity index (χ0) is 15.1. The first-order valence-corrected chi connectivity index (χ1v) is 6.57. The van der Waals surface area contributed by atoms with Crippen LogP contribution in [0.2, 0.25) is 0 Å². The largest absolute Gasteiger partial charge is 0.395 e. The monoisotopic (exact) mass is 284 g/mol. The van der Waals surface area contributed by atoms with Crippen molar-refractivity contribution in [2.45, 2.75) is 0 Å². The molecule has 0 radical (unpaired) electrons. The summed E-state index contributed by atoms with van der Waals surface area (Å²) in [5, 5.41) is 22.6. The van der Waals surface area contributed by atoms with Gasteiger partial charge in [-0.2, -0.15) is 0 Å². The number of hydrogen-bond acceptors (Lipinski definition) is 4. The molecule has 5 nitrogen and oxygen atoms in total. The molecule has 21 heavy (non-hydrogen) atoms. The average Bonchev–Trinajstić information content (AvgIpc) is 2.52. The van der Waals surface area contributed by atoms with Gasteiger partial charge < -0.3 is 10.4 Å². The number of non-ortho nitro benzene ring substituents is 1. The minimum atomic E-state index is -0.415. The van der Waals surface area contributed by atoms with Gasteiger partial charge in [0.2, 0.25) is 0 Å². The van der Waals surface area contributed by atoms with Gasteiger partial charge in [-0.15, -0.1) is 0 Å². The van der Waals surface area contributed by atoms with Gasteiger partial charge in [-0.25, -0.2) is 0 Å². The van der Waals surface area contributed by atoms with Crippen LogP contribution in [-0.4, -0.2) is 23.2 Å². The highest BCUT2D eigenvalue weighted by Crippen LogP contribution is 2.19. The van der Waals surface area contributed by atoms with E-state index in [1.54, 1.807) is 12.1 Å². The number of aliphatic hydroxyl groups is 1. The maximum atomic E-state index is 10.6. The van der Waals surface area contributed by atoms with Crippen molar-refractivity contribution in [3.05, 3.63) is 69.8 Å². The van der Waals surface area contributed by atoms with Gasteiger partial charge in [0.25, 0.3) is 5.69 Å². The average molecular weight is 284 g/mol. The van der Waals surface area contributed by atoms with Crippen LogP contribution < -0.4 is 5.32 Å². The maximum absolute atomic E-state index is 10.6. The third-order valence-corrected chi connectivity index (χ3v) is 2.95. The first-order valence-electron chi connectivity index (χ1n) is 6.57. The van der Waals surface area contributed by atoms with Crippen LogP contribution in [0.5, 0.6) is 0 Å². The molecule has 2 N–H and O–H groups in total. The lowest BCUT2D eigenvalue weighted by atomic mass is 10.1. The van der Waals surface area contributed by atoms with Gasteiger partial charge >= 0.3 is 0 Å². The van der Waals surface area contributed by atoms with Crippen molar-refractivity contribution in [3.63, 3.8) is 0 Å². The molecule has 0 aliphatic carbocycles. The standard InChI is InChI=1S/C16H16N2O3/c19-12-11-17-16-4-2-1-3-14(16)8-5-13-6-9-15(10-7-13)18(20)21/h1-10,17,19H,11-12H2. The predicted octanol–water partition coefficient (Wildman–Crippen LogP) is 3.17. The molecule has 2 rings (SSSR count). The topological polar surface area (TPSA) is 75.4 Å². The molecule has 0 aromatic heterocycles. The smallest absolute Gasteiger partial charge is 0.269 e. The SMILES string of the molecule is O=[N+]([O-])c1ccc(C=Cc2ccccc2NCCO)cc1. The van der Waals surface area contributed by atoms with Crippen LogP contribution in [-0.2, 0) is 0 Å². The quantitative estimate of drug-likeness (QED) is 0.485. The number of nitro benzene ring substituents is 1. The molecule has 0 aliphatic rings. The highest BCUT2D eigenvalue weighted by Gasteiger charge is 2.02. The normalized spacial score (nSPS) is 10.7. The second kappa shape index (κ2) is 7.21. The zero-order valence-electron chi connectivity index (χ0n) is 11.4. The van der Waals surface area contributed by atoms with E-state index in [0.717, 1.165) is 16.8 Å². The molecule has 0 bridgehead atoms. The van der Waals surface area contributed by atoms with Crippen molar-refractivity contribution in [2.75, 3.05) is 18.5 Å². The summed E-state index contributed by atoms with van der Waals surface area (Å²) >= 11 is 0. The summed E-state index contributed by atoms with van der Waals surface area (Å²) in [6.45, 7) is 0.558. The Morgan fingerprint density at radius 2 is 1.81 bits per heavy atom. The molecule has 0 atom stereocenters. The van der Waals surface area contributed by atoms with Gasteiger partial charge in [0.05, 0.1) is 11.5 Å². The van der Waals surface area contributed by atoms with Crippen molar-refractivity contribution >= 4 is 23.5 Å². The maximum Gasteiger partial charge on any atom is 0.269 e. The molecule has 0 amide bonds. The van der Waals surface area contributed by atoms with E-state index in [1.165, 1.54) is 12.1 Å². The molecule has 2 aromatic carbocycles. The van der Waals surface area contributed by atoms with Gasteiger partial charge in [0.15, 0.2) is 0 Å². The van der Waals surface area contributed by atoms with Crippen LogP contribution in [0, 0.1) is 10.1 Å². The first-order chi connectivity index (χ1) is 10.2. The number of aliphatic hydroxyl groups excluding tert-OH is 1. The van der Waals surface area contributed by atoms with E-state index >= 15 is 0 Å². The molecule has 0 aliphatic heterocycles. The van der Waals surface area contributed by atoms with Crippen molar-refractivity contribution in [3.8, 4) is 0 Å². The summed E-state index contributed by atoms with van der Waals surface area (Å²) in [6, 6.07) is 14.1. The van der Waals surface area contributed by atoms with E-state index < -0.39 is 4.92 Å². The van der Waals surface area contributed by atoms with Crippen LogP contribution in [0.3, 0.4) is 0 Å². The van der Waals surface area contributed by atoms with Crippen LogP contribution >= 0.6 is 0 Å². The number of nitrogens with one attached hydrogen (secondary N) is 1. The summed E-state index contributed by atoms with van der Waals surface area (Å²) in [7, 11) is 0. The fraction of sp³-hybridized carbons (Fsp3) is 0.125. The number of para-hydroxylation sites is 1. The summed E-state index contributed by atoms with van der Waals surface area (Å²) in [4.78, 5) is 10.2. The number of rotatable bonds is 6. The van der Waals surface area contributed by atoms with Crippen LogP contribution in [0.25, 0.3) is 12.2 Å². The van der Waals surface area contributed by atoms with E-state index in [1.807, 2.05) is 36.4 Å². The molecule has 0 saturated heterocycles. The van der Waals surface area contributed by atoms with Gasteiger partial charge in [-0.3, -0.25) is 10.1 Å². The van der Waals surface area contributed by atoms with Gasteiger partial charge in [0.1, 0.15) is 0 Å². The Hall–Kier alpha value is -2.66. The second-order valence-corrected chi connectivity index (χ2v) is 4.42. The predicted molar refractivity (Wildman–Crippen MR) is 84.0 cm³/mol. The van der Waals surface area contributed by atoms with Crippen molar-refractivity contribution < 1.29 is 10.0 Å². The third-order valence-electron chi connectivity index (χ3n) is 2.95. The zero-order valence-corrected chi connectivity index (χ0v) is 11.4. The van der Waals surface area contributed by atoms with E-state index in [0.29, 0.717) is 6.54 Å². The van der Waals surface area contributed by atoms with Crippen molar-refractivity contribution in [2.24, 2.45) is 0 Å². The lowest BCUT2D eigenvalue weighted by molar-refractivity contribution is -0.384. The van der Waals surface area contributed by atoms with Gasteiger partial charge in [0, 0.05) is 24.4 Å². The second-order valence-electron chi connectivity index (χ2n) is 4.42. The summed E-state index contributed by atoms with van der Waals surface area (Å²) in [6.07, 6.45) is 3.82. The third kappa shape index (κ3) is 4.15. The Morgan fingerprint density at radius 1 is 1.10 bits per heavy atom. The number of benzene rings is 2. The minimum absolute atomic E-state index is 0.0698. The Balaban J connectivity index is 2.15. The Kier molecular flexibility index (Phi) is 5.06. The minimum Gasteiger partial charge on any atom is -0.395 e. The number of anilines is 1. The summed E-state index contributed by atoms with van der Waals surface area (Å²) < 4.78 is 0. The summed E-state index contributed by atoms with van der Waals surface area (Å²) in [5.41, 5.74) is 2.89. The highest BCUT2D eigenvalue weighted by molar-refractivity contribution is 5.76. The van der Waals surface area contributed by atoms with Crippen LogP contribution in [0.4, 0.5) is 11.4 Å². The fourth-order valence-electron chi connectivity index (χ4n) is 1.89. The van der Waals surface area contributed by atoms with Crippen molar-refractivity contribution in [1.29, 1.82) is 0 Å². The fourth-order valence-corrected chi connectivity index (χ4v) is 1.89. The molecular weight excluding hydrogens is 268 g/mol. The van der Waals surface area contributed by atoms with Crippen LogP contribution in [0.1, 0.15) is 11.1 Å². The van der Waals surface area contributed by atoms with E-state index in [-0.39, 0.29) is 12.3 Å². The molecule has 5 heteroatoms. The van der Waals surface area contributed by atoms with E-state index in [2.05, 4.69) is 5.32 Å².